The van der Waals surface area contributed by atoms with Gasteiger partial charge < -0.3 is 15.4 Å². The zero-order valence-corrected chi connectivity index (χ0v) is 21.0. The zero-order chi connectivity index (χ0) is 20.1. The molecule has 1 unspecified atom stereocenters. The van der Waals surface area contributed by atoms with Gasteiger partial charge in [-0.3, -0.25) is 9.89 Å². The van der Waals surface area contributed by atoms with Gasteiger partial charge in [0.05, 0.1) is 25.5 Å². The molecule has 8 nitrogen and oxygen atoms in total. The SMILES string of the molecule is CCNC(=NCC(CC(C)C)N1CCOCC1)NCCCNS(=O)(=O)CC.I. The summed E-state index contributed by atoms with van der Waals surface area (Å²) < 4.78 is 30.9. The van der Waals surface area contributed by atoms with E-state index in [-0.39, 0.29) is 29.7 Å². The molecule has 10 heteroatoms. The number of hydrogen-bond donors (Lipinski definition) is 3. The first-order chi connectivity index (χ1) is 12.9. The highest BCUT2D eigenvalue weighted by Gasteiger charge is 2.21. The van der Waals surface area contributed by atoms with Gasteiger partial charge in [0.2, 0.25) is 10.0 Å². The maximum absolute atomic E-state index is 11.4. The molecule has 0 spiro atoms. The molecule has 1 fully saturated rings. The number of nitrogens with one attached hydrogen (secondary N) is 3. The Labute approximate surface area is 188 Å². The van der Waals surface area contributed by atoms with Crippen LogP contribution in [-0.2, 0) is 14.8 Å². The number of rotatable bonds is 12. The summed E-state index contributed by atoms with van der Waals surface area (Å²) in [4.78, 5) is 7.26. The summed E-state index contributed by atoms with van der Waals surface area (Å²) in [6.07, 6.45) is 1.82. The third kappa shape index (κ3) is 12.4. The van der Waals surface area contributed by atoms with Crippen LogP contribution in [0.2, 0.25) is 0 Å². The average molecular weight is 534 g/mol. The Hall–Kier alpha value is -0.170. The molecule has 0 aromatic heterocycles. The van der Waals surface area contributed by atoms with Gasteiger partial charge in [0.1, 0.15) is 0 Å². The van der Waals surface area contributed by atoms with Crippen LogP contribution in [0.15, 0.2) is 4.99 Å². The molecule has 1 atom stereocenters. The molecule has 0 aromatic carbocycles. The first kappa shape index (κ1) is 27.8. The van der Waals surface area contributed by atoms with Crippen molar-refractivity contribution in [3.8, 4) is 0 Å². The van der Waals surface area contributed by atoms with E-state index in [9.17, 15) is 8.42 Å². The summed E-state index contributed by atoms with van der Waals surface area (Å²) in [5, 5.41) is 6.57. The molecule has 1 rings (SSSR count). The zero-order valence-electron chi connectivity index (χ0n) is 17.9. The van der Waals surface area contributed by atoms with E-state index in [0.717, 1.165) is 51.8 Å². The van der Waals surface area contributed by atoms with Crippen LogP contribution in [0.3, 0.4) is 0 Å². The van der Waals surface area contributed by atoms with Gasteiger partial charge in [-0.15, -0.1) is 24.0 Å². The van der Waals surface area contributed by atoms with Gasteiger partial charge in [0.25, 0.3) is 0 Å². The molecule has 0 radical (unpaired) electrons. The van der Waals surface area contributed by atoms with Gasteiger partial charge in [-0.25, -0.2) is 13.1 Å². The fraction of sp³-hybridized carbons (Fsp3) is 0.944. The Bertz CT molecular complexity index is 525. The summed E-state index contributed by atoms with van der Waals surface area (Å²) >= 11 is 0. The normalized spacial score (nSPS) is 17.2. The molecule has 28 heavy (non-hydrogen) atoms. The molecule has 1 saturated heterocycles. The quantitative estimate of drug-likeness (QED) is 0.151. The monoisotopic (exact) mass is 533 g/mol. The minimum absolute atomic E-state index is 0. The first-order valence-corrected chi connectivity index (χ1v) is 11.8. The van der Waals surface area contributed by atoms with E-state index in [0.29, 0.717) is 31.5 Å². The molecule has 0 saturated carbocycles. The van der Waals surface area contributed by atoms with E-state index < -0.39 is 10.0 Å². The van der Waals surface area contributed by atoms with Gasteiger partial charge in [-0.1, -0.05) is 13.8 Å². The molecule has 1 heterocycles. The minimum Gasteiger partial charge on any atom is -0.379 e. The number of nitrogens with zero attached hydrogens (tertiary/aromatic N) is 2. The van der Waals surface area contributed by atoms with E-state index in [1.54, 1.807) is 6.92 Å². The fourth-order valence-corrected chi connectivity index (χ4v) is 3.65. The van der Waals surface area contributed by atoms with E-state index >= 15 is 0 Å². The molecule has 0 aromatic rings. The predicted molar refractivity (Wildman–Crippen MR) is 127 cm³/mol. The van der Waals surface area contributed by atoms with Gasteiger partial charge in [-0.05, 0) is 32.6 Å². The maximum Gasteiger partial charge on any atom is 0.211 e. The Balaban J connectivity index is 0.00000729. The van der Waals surface area contributed by atoms with Crippen LogP contribution in [0.1, 0.15) is 40.5 Å². The molecule has 1 aliphatic heterocycles. The van der Waals surface area contributed by atoms with Gasteiger partial charge in [0.15, 0.2) is 5.96 Å². The van der Waals surface area contributed by atoms with Crippen LogP contribution in [-0.4, -0.2) is 83.6 Å². The second-order valence-electron chi connectivity index (χ2n) is 7.23. The molecule has 0 aliphatic carbocycles. The van der Waals surface area contributed by atoms with Crippen molar-refractivity contribution in [2.45, 2.75) is 46.6 Å². The highest BCUT2D eigenvalue weighted by Crippen LogP contribution is 2.14. The van der Waals surface area contributed by atoms with E-state index in [4.69, 9.17) is 9.73 Å². The highest BCUT2D eigenvalue weighted by atomic mass is 127. The van der Waals surface area contributed by atoms with Gasteiger partial charge in [-0.2, -0.15) is 0 Å². The van der Waals surface area contributed by atoms with Crippen molar-refractivity contribution in [2.24, 2.45) is 10.9 Å². The van der Waals surface area contributed by atoms with Crippen molar-refractivity contribution in [3.05, 3.63) is 0 Å². The number of morpholine rings is 1. The Kier molecular flexibility index (Phi) is 15.5. The molecule has 3 N–H and O–H groups in total. The van der Waals surface area contributed by atoms with Crippen LogP contribution < -0.4 is 15.4 Å². The van der Waals surface area contributed by atoms with Crippen molar-refractivity contribution >= 4 is 40.0 Å². The summed E-state index contributed by atoms with van der Waals surface area (Å²) in [5.74, 6) is 1.52. The van der Waals surface area contributed by atoms with Crippen molar-refractivity contribution < 1.29 is 13.2 Å². The number of hydrogen-bond acceptors (Lipinski definition) is 5. The lowest BCUT2D eigenvalue weighted by atomic mass is 10.0. The molecular formula is C18H40IN5O3S. The lowest BCUT2D eigenvalue weighted by Gasteiger charge is -2.34. The average Bonchev–Trinajstić information content (AvgIpc) is 2.65. The third-order valence-corrected chi connectivity index (χ3v) is 5.86. The molecular weight excluding hydrogens is 493 g/mol. The highest BCUT2D eigenvalue weighted by molar-refractivity contribution is 14.0. The Morgan fingerprint density at radius 3 is 2.39 bits per heavy atom. The van der Waals surface area contributed by atoms with Crippen molar-refractivity contribution in [1.29, 1.82) is 0 Å². The van der Waals surface area contributed by atoms with Crippen LogP contribution in [0.25, 0.3) is 0 Å². The third-order valence-electron chi connectivity index (χ3n) is 4.46. The number of halogens is 1. The number of aliphatic imine (C=N–C) groups is 1. The Morgan fingerprint density at radius 1 is 1.14 bits per heavy atom. The summed E-state index contributed by atoms with van der Waals surface area (Å²) in [5.41, 5.74) is 0. The van der Waals surface area contributed by atoms with Crippen LogP contribution in [0.4, 0.5) is 0 Å². The predicted octanol–water partition coefficient (Wildman–Crippen LogP) is 1.24. The van der Waals surface area contributed by atoms with E-state index in [1.165, 1.54) is 0 Å². The van der Waals surface area contributed by atoms with Crippen LogP contribution >= 0.6 is 24.0 Å². The molecule has 0 bridgehead atoms. The van der Waals surface area contributed by atoms with Gasteiger partial charge >= 0.3 is 0 Å². The topological polar surface area (TPSA) is 95.1 Å². The summed E-state index contributed by atoms with van der Waals surface area (Å²) in [6, 6.07) is 0.417. The Morgan fingerprint density at radius 2 is 1.82 bits per heavy atom. The molecule has 1 aliphatic rings. The summed E-state index contributed by atoms with van der Waals surface area (Å²) in [6.45, 7) is 14.3. The van der Waals surface area contributed by atoms with Crippen molar-refractivity contribution in [2.75, 3.05) is 58.2 Å². The molecule has 0 amide bonds. The number of ether oxygens (including phenoxy) is 1. The summed E-state index contributed by atoms with van der Waals surface area (Å²) in [7, 11) is -3.12. The lowest BCUT2D eigenvalue weighted by molar-refractivity contribution is 0.0143. The van der Waals surface area contributed by atoms with Crippen molar-refractivity contribution in [3.63, 3.8) is 0 Å². The second-order valence-corrected chi connectivity index (χ2v) is 9.32. The first-order valence-electron chi connectivity index (χ1n) is 10.2. The largest absolute Gasteiger partial charge is 0.379 e. The maximum atomic E-state index is 11.4. The smallest absolute Gasteiger partial charge is 0.211 e. The standard InChI is InChI=1S/C18H39N5O3S.HI/c1-5-19-18(20-8-7-9-22-27(24,25)6-2)21-15-17(14-16(3)4)23-10-12-26-13-11-23;/h16-17,22H,5-15H2,1-4H3,(H2,19,20,21);1H. The molecule has 168 valence electrons. The number of guanidine groups is 1. The second kappa shape index (κ2) is 15.6. The van der Waals surface area contributed by atoms with Crippen LogP contribution in [0, 0.1) is 5.92 Å². The van der Waals surface area contributed by atoms with Gasteiger partial charge in [0, 0.05) is 38.8 Å². The lowest BCUT2D eigenvalue weighted by Crippen LogP contribution is -2.46. The van der Waals surface area contributed by atoms with Crippen molar-refractivity contribution in [1.82, 2.24) is 20.3 Å². The number of sulfonamides is 1. The van der Waals surface area contributed by atoms with E-state index in [1.807, 2.05) is 6.92 Å². The fourth-order valence-electron chi connectivity index (χ4n) is 2.99. The van der Waals surface area contributed by atoms with E-state index in [2.05, 4.69) is 34.1 Å². The minimum atomic E-state index is -3.12. The van der Waals surface area contributed by atoms with Crippen LogP contribution in [0.5, 0.6) is 0 Å².